The molecule has 1 aromatic rings. The summed E-state index contributed by atoms with van der Waals surface area (Å²) in [5, 5.41) is 28.8. The molecule has 0 bridgehead atoms. The Balaban J connectivity index is 0.915. The van der Waals surface area contributed by atoms with Crippen LogP contribution in [0.15, 0.2) is 48.1 Å². The highest BCUT2D eigenvalue weighted by molar-refractivity contribution is 6.01. The number of esters is 2. The van der Waals surface area contributed by atoms with E-state index in [2.05, 4.69) is 9.74 Å². The van der Waals surface area contributed by atoms with Crippen LogP contribution in [-0.4, -0.2) is 136 Å². The van der Waals surface area contributed by atoms with Gasteiger partial charge in [0.2, 0.25) is 5.78 Å². The predicted octanol–water partition coefficient (Wildman–Crippen LogP) is 2.81. The summed E-state index contributed by atoms with van der Waals surface area (Å²) >= 11 is 0. The van der Waals surface area contributed by atoms with E-state index in [1.54, 1.807) is 44.2 Å². The topological polar surface area (TPSA) is 185 Å². The van der Waals surface area contributed by atoms with Crippen LogP contribution in [0.1, 0.15) is 62.9 Å². The molecule has 1 aromatic carbocycles. The number of allylic oxidation sites excluding steroid dienone is 4. The molecule has 5 fully saturated rings. The maximum absolute atomic E-state index is 15.9. The molecule has 3 unspecified atom stereocenters. The Hall–Kier alpha value is -3.45. The van der Waals surface area contributed by atoms with Crippen molar-refractivity contribution in [3.05, 3.63) is 59.2 Å². The third-order valence-corrected chi connectivity index (χ3v) is 13.2. The zero-order chi connectivity index (χ0) is 40.2. The lowest BCUT2D eigenvalue weighted by Gasteiger charge is -2.60. The van der Waals surface area contributed by atoms with Crippen LogP contribution < -0.4 is 0 Å². The molecule has 4 aliphatic carbocycles. The van der Waals surface area contributed by atoms with E-state index < -0.39 is 64.9 Å². The Morgan fingerprint density at radius 1 is 1.00 bits per heavy atom. The molecule has 0 aromatic heterocycles. The lowest BCUT2D eigenvalue weighted by molar-refractivity contribution is -0.497. The van der Waals surface area contributed by atoms with E-state index >= 15 is 4.39 Å². The number of alkyl halides is 1. The molecule has 0 amide bonds. The number of hydrogen-bond acceptors (Lipinski definition) is 15. The number of aliphatic hydroxyl groups excluding tert-OH is 1. The molecule has 3 saturated carbocycles. The lowest BCUT2D eigenvalue weighted by atomic mass is 9.46. The summed E-state index contributed by atoms with van der Waals surface area (Å²) in [7, 11) is 0. The van der Waals surface area contributed by atoms with Gasteiger partial charge in [-0.1, -0.05) is 32.1 Å². The van der Waals surface area contributed by atoms with Gasteiger partial charge in [0.05, 0.1) is 36.3 Å². The van der Waals surface area contributed by atoms with E-state index in [1.165, 1.54) is 12.2 Å². The number of fused-ring (bicyclic) bond motifs is 7. The van der Waals surface area contributed by atoms with Crippen LogP contribution in [0.4, 0.5) is 4.39 Å². The summed E-state index contributed by atoms with van der Waals surface area (Å²) < 4.78 is 39.9. The van der Waals surface area contributed by atoms with Crippen molar-refractivity contribution in [3.8, 4) is 0 Å². The Kier molecular flexibility index (Phi) is 11.2. The van der Waals surface area contributed by atoms with Crippen LogP contribution in [0.25, 0.3) is 0 Å². The molecule has 306 valence electrons. The Bertz CT molecular complexity index is 1760. The van der Waals surface area contributed by atoms with Crippen LogP contribution >= 0.6 is 0 Å². The SMILES string of the molecule is CC1(C)O[C@@H]2CC3C4C[C@H](F)C5=CC(=O)C=C[C@]5(C)C4[C@@H](O)C[C@]3(C)[C@]2(C(=O)COC(=O)CN2CCN(CCOC(=O)c3ccc(CON(O)O)cc3)CC2)O1. The molecule has 9 atom stereocenters. The van der Waals surface area contributed by atoms with Crippen LogP contribution in [0.5, 0.6) is 0 Å². The molecule has 3 N–H and O–H groups in total. The number of nitrogens with zero attached hydrogens (tertiary/aromatic N) is 3. The number of hydrogen-bond donors (Lipinski definition) is 3. The molecule has 2 aliphatic heterocycles. The van der Waals surface area contributed by atoms with Gasteiger partial charge in [-0.15, -0.1) is 0 Å². The van der Waals surface area contributed by atoms with Crippen molar-refractivity contribution in [2.75, 3.05) is 52.5 Å². The number of piperazine rings is 1. The minimum Gasteiger partial charge on any atom is -0.461 e. The number of carbonyl (C=O) groups is 4. The quantitative estimate of drug-likeness (QED) is 0.208. The van der Waals surface area contributed by atoms with E-state index in [1.807, 2.05) is 18.7 Å². The van der Waals surface area contributed by atoms with Crippen molar-refractivity contribution in [1.82, 2.24) is 15.2 Å². The molecule has 2 heterocycles. The van der Waals surface area contributed by atoms with Crippen LogP contribution in [0, 0.1) is 28.6 Å². The zero-order valence-electron chi connectivity index (χ0n) is 32.2. The van der Waals surface area contributed by atoms with E-state index in [4.69, 9.17) is 29.4 Å². The fourth-order valence-electron chi connectivity index (χ4n) is 10.8. The third kappa shape index (κ3) is 7.39. The summed E-state index contributed by atoms with van der Waals surface area (Å²) in [6.45, 7) is 9.69. The Labute approximate surface area is 324 Å². The number of ether oxygens (including phenoxy) is 4. The van der Waals surface area contributed by atoms with Crippen LogP contribution in [0.3, 0.4) is 0 Å². The second-order valence-electron chi connectivity index (χ2n) is 16.9. The fraction of sp³-hybridized carbons (Fsp3) is 0.650. The highest BCUT2D eigenvalue weighted by Crippen LogP contribution is 2.70. The number of Topliss-reactive ketones (excluding diaryl/α,β-unsaturated/α-hetero) is 1. The number of ketones is 2. The first-order chi connectivity index (χ1) is 26.5. The van der Waals surface area contributed by atoms with Gasteiger partial charge in [0.1, 0.15) is 12.8 Å². The maximum Gasteiger partial charge on any atom is 0.338 e. The van der Waals surface area contributed by atoms with Crippen LogP contribution in [0.2, 0.25) is 0 Å². The number of halogens is 1. The predicted molar refractivity (Wildman–Crippen MR) is 192 cm³/mol. The first kappa shape index (κ1) is 40.7. The van der Waals surface area contributed by atoms with Gasteiger partial charge in [-0.05, 0) is 80.4 Å². The molecule has 0 radical (unpaired) electrons. The summed E-state index contributed by atoms with van der Waals surface area (Å²) in [4.78, 5) is 60.8. The van der Waals surface area contributed by atoms with E-state index in [0.717, 1.165) is 0 Å². The Morgan fingerprint density at radius 2 is 1.70 bits per heavy atom. The molecule has 0 spiro atoms. The average molecular weight is 786 g/mol. The smallest absolute Gasteiger partial charge is 0.338 e. The minimum atomic E-state index is -1.52. The highest BCUT2D eigenvalue weighted by atomic mass is 19.1. The second kappa shape index (κ2) is 15.4. The van der Waals surface area contributed by atoms with Gasteiger partial charge in [0.25, 0.3) is 0 Å². The second-order valence-corrected chi connectivity index (χ2v) is 16.9. The van der Waals surface area contributed by atoms with Gasteiger partial charge in [0.15, 0.2) is 23.8 Å². The van der Waals surface area contributed by atoms with Gasteiger partial charge in [-0.25, -0.2) is 14.0 Å². The first-order valence-electron chi connectivity index (χ1n) is 19.3. The minimum absolute atomic E-state index is 0.0181. The highest BCUT2D eigenvalue weighted by Gasteiger charge is 2.77. The first-order valence-corrected chi connectivity index (χ1v) is 19.3. The molecule has 6 aliphatic rings. The van der Waals surface area contributed by atoms with Crippen molar-refractivity contribution < 1.29 is 62.9 Å². The lowest BCUT2D eigenvalue weighted by Crippen LogP contribution is -2.64. The van der Waals surface area contributed by atoms with E-state index in [9.17, 15) is 24.3 Å². The number of carbonyl (C=O) groups excluding carboxylic acids is 4. The molecule has 16 heteroatoms. The summed E-state index contributed by atoms with van der Waals surface area (Å²) in [5.41, 5.74) is -1.95. The summed E-state index contributed by atoms with van der Waals surface area (Å²) in [5.74, 6) is -3.78. The number of rotatable bonds is 12. The van der Waals surface area contributed by atoms with Crippen molar-refractivity contribution in [2.45, 2.75) is 83.3 Å². The molecule has 15 nitrogen and oxygen atoms in total. The van der Waals surface area contributed by atoms with Gasteiger partial charge < -0.3 is 24.1 Å². The van der Waals surface area contributed by atoms with Crippen molar-refractivity contribution in [2.24, 2.45) is 28.6 Å². The summed E-state index contributed by atoms with van der Waals surface area (Å²) in [6.07, 6.45) is 2.30. The van der Waals surface area contributed by atoms with Gasteiger partial charge >= 0.3 is 11.9 Å². The molecule has 2 saturated heterocycles. The standard InChI is InChI=1S/C40H52FN3O12/c1-37(2)55-33-19-28-27-18-30(41)29-17-26(45)9-10-38(29,3)35(27)31(46)20-39(28,4)40(33,56-37)32(47)23-53-34(48)21-43-13-11-42(12-14-43)15-16-52-36(49)25-7-5-24(6-8-25)22-54-44(50)51/h5-10,17,27-28,30-31,33,35,46,50-51H,11-16,18-23H2,1-4H3/t27?,28?,30-,31-,33+,35?,38-,39-,40+/m0/s1. The normalized spacial score (nSPS) is 36.3. The maximum atomic E-state index is 15.9. The fourth-order valence-corrected chi connectivity index (χ4v) is 10.8. The van der Waals surface area contributed by atoms with Crippen molar-refractivity contribution in [3.63, 3.8) is 0 Å². The molecular formula is C40H52FN3O12. The summed E-state index contributed by atoms with van der Waals surface area (Å²) in [6, 6.07) is 6.35. The van der Waals surface area contributed by atoms with Gasteiger partial charge in [0, 0.05) is 49.5 Å². The molecule has 56 heavy (non-hydrogen) atoms. The zero-order valence-corrected chi connectivity index (χ0v) is 32.2. The number of benzene rings is 1. The average Bonchev–Trinajstić information content (AvgIpc) is 3.56. The van der Waals surface area contributed by atoms with Gasteiger partial charge in [-0.3, -0.25) is 34.6 Å². The van der Waals surface area contributed by atoms with Crippen molar-refractivity contribution >= 4 is 23.5 Å². The van der Waals surface area contributed by atoms with Crippen LogP contribution in [-0.2, 0) is 44.8 Å². The van der Waals surface area contributed by atoms with Gasteiger partial charge in [-0.2, -0.15) is 0 Å². The largest absolute Gasteiger partial charge is 0.461 e. The van der Waals surface area contributed by atoms with E-state index in [0.29, 0.717) is 55.8 Å². The third-order valence-electron chi connectivity index (χ3n) is 13.2. The number of aliphatic hydroxyl groups is 1. The molecule has 7 rings (SSSR count). The molecular weight excluding hydrogens is 733 g/mol. The van der Waals surface area contributed by atoms with Crippen molar-refractivity contribution in [1.29, 1.82) is 0 Å². The van der Waals surface area contributed by atoms with E-state index in [-0.39, 0.29) is 61.5 Å². The Morgan fingerprint density at radius 3 is 2.39 bits per heavy atom. The monoisotopic (exact) mass is 785 g/mol.